The second-order valence-electron chi connectivity index (χ2n) is 5.87. The first kappa shape index (κ1) is 15.6. The summed E-state index contributed by atoms with van der Waals surface area (Å²) in [6.45, 7) is 0. The molecular weight excluding hydrogens is 336 g/mol. The summed E-state index contributed by atoms with van der Waals surface area (Å²) in [7, 11) is 0. The Kier molecular flexibility index (Phi) is 4.07. The molecule has 0 saturated carbocycles. The lowest BCUT2D eigenvalue weighted by molar-refractivity contribution is -0.116. The minimum atomic E-state index is -0.284. The zero-order chi connectivity index (χ0) is 17.2. The fourth-order valence-corrected chi connectivity index (χ4v) is 3.72. The third-order valence-corrected chi connectivity index (χ3v) is 5.05. The van der Waals surface area contributed by atoms with Crippen LogP contribution in [0.3, 0.4) is 0 Å². The molecule has 0 bridgehead atoms. The van der Waals surface area contributed by atoms with Crippen molar-refractivity contribution >= 4 is 46.0 Å². The van der Waals surface area contributed by atoms with E-state index in [1.54, 1.807) is 29.8 Å². The summed E-state index contributed by atoms with van der Waals surface area (Å²) in [6, 6.07) is 7.63. The second kappa shape index (κ2) is 6.52. The molecule has 3 N–H and O–H groups in total. The summed E-state index contributed by atoms with van der Waals surface area (Å²) in [5.41, 5.74) is 5.22. The molecule has 1 aromatic carbocycles. The number of aromatic amines is 1. The SMILES string of the molecule is O=C(CCCc1cccs1)Nc1cc2c3c(c[nH]c3c1)C=NNC2=O. The Bertz CT molecular complexity index is 973. The molecule has 4 rings (SSSR count). The van der Waals surface area contributed by atoms with E-state index in [1.807, 2.05) is 17.5 Å². The first-order valence-electron chi connectivity index (χ1n) is 8.01. The van der Waals surface area contributed by atoms with Crippen LogP contribution in [-0.2, 0) is 11.2 Å². The predicted octanol–water partition coefficient (Wildman–Crippen LogP) is 3.27. The van der Waals surface area contributed by atoms with Gasteiger partial charge in [-0.3, -0.25) is 9.59 Å². The zero-order valence-corrected chi connectivity index (χ0v) is 14.2. The standard InChI is InChI=1S/C18H16N4O2S/c23-16(5-1-3-13-4-2-6-25-13)21-12-7-14-17-11(9-19-15(17)8-12)10-20-22-18(14)24/h2,4,6-10,19H,1,3,5H2,(H,21,23)(H,22,24). The van der Waals surface area contributed by atoms with Crippen molar-refractivity contribution in [1.82, 2.24) is 10.4 Å². The molecule has 0 aliphatic carbocycles. The average molecular weight is 352 g/mol. The molecule has 2 aromatic heterocycles. The predicted molar refractivity (Wildman–Crippen MR) is 99.2 cm³/mol. The van der Waals surface area contributed by atoms with E-state index in [9.17, 15) is 9.59 Å². The Morgan fingerprint density at radius 3 is 3.08 bits per heavy atom. The van der Waals surface area contributed by atoms with Gasteiger partial charge in [-0.2, -0.15) is 5.10 Å². The summed E-state index contributed by atoms with van der Waals surface area (Å²) in [6.07, 6.45) is 5.54. The van der Waals surface area contributed by atoms with Crippen molar-refractivity contribution in [2.45, 2.75) is 19.3 Å². The molecule has 3 heterocycles. The molecule has 1 aliphatic heterocycles. The van der Waals surface area contributed by atoms with Crippen LogP contribution in [0.25, 0.3) is 10.9 Å². The Morgan fingerprint density at radius 2 is 2.24 bits per heavy atom. The molecule has 25 heavy (non-hydrogen) atoms. The van der Waals surface area contributed by atoms with E-state index in [2.05, 4.69) is 26.9 Å². The number of aromatic nitrogens is 1. The van der Waals surface area contributed by atoms with Crippen LogP contribution in [0, 0.1) is 0 Å². The van der Waals surface area contributed by atoms with Crippen LogP contribution in [0.2, 0.25) is 0 Å². The van der Waals surface area contributed by atoms with Gasteiger partial charge in [0.05, 0.1) is 11.8 Å². The lowest BCUT2D eigenvalue weighted by Gasteiger charge is -2.08. The number of benzene rings is 1. The number of rotatable bonds is 5. The number of H-pyrrole nitrogens is 1. The van der Waals surface area contributed by atoms with Crippen molar-refractivity contribution in [3.63, 3.8) is 0 Å². The number of hydrazone groups is 1. The number of nitrogens with one attached hydrogen (secondary N) is 3. The maximum Gasteiger partial charge on any atom is 0.272 e. The van der Waals surface area contributed by atoms with Gasteiger partial charge in [-0.05, 0) is 36.4 Å². The number of anilines is 1. The maximum absolute atomic E-state index is 12.2. The molecule has 3 aromatic rings. The molecule has 0 saturated heterocycles. The summed E-state index contributed by atoms with van der Waals surface area (Å²) >= 11 is 1.70. The van der Waals surface area contributed by atoms with Crippen LogP contribution in [0.15, 0.2) is 40.9 Å². The Morgan fingerprint density at radius 1 is 1.32 bits per heavy atom. The van der Waals surface area contributed by atoms with Gasteiger partial charge in [0.1, 0.15) is 0 Å². The van der Waals surface area contributed by atoms with Crippen molar-refractivity contribution in [2.75, 3.05) is 5.32 Å². The lowest BCUT2D eigenvalue weighted by atomic mass is 10.1. The first-order chi connectivity index (χ1) is 12.2. The minimum Gasteiger partial charge on any atom is -0.360 e. The molecule has 6 nitrogen and oxygen atoms in total. The largest absolute Gasteiger partial charge is 0.360 e. The highest BCUT2D eigenvalue weighted by Gasteiger charge is 2.18. The zero-order valence-electron chi connectivity index (χ0n) is 13.3. The minimum absolute atomic E-state index is 0.0554. The number of amides is 2. The van der Waals surface area contributed by atoms with Crippen LogP contribution in [0.5, 0.6) is 0 Å². The quantitative estimate of drug-likeness (QED) is 0.658. The van der Waals surface area contributed by atoms with Crippen molar-refractivity contribution in [2.24, 2.45) is 5.10 Å². The lowest BCUT2D eigenvalue weighted by Crippen LogP contribution is -2.17. The third-order valence-electron chi connectivity index (χ3n) is 4.12. The van der Waals surface area contributed by atoms with Crippen LogP contribution >= 0.6 is 11.3 Å². The first-order valence-corrected chi connectivity index (χ1v) is 8.89. The van der Waals surface area contributed by atoms with E-state index >= 15 is 0 Å². The Labute approximate surface area is 147 Å². The fraction of sp³-hybridized carbons (Fsp3) is 0.167. The topological polar surface area (TPSA) is 86.3 Å². The molecule has 2 amide bonds. The van der Waals surface area contributed by atoms with Gasteiger partial charge in [0.15, 0.2) is 0 Å². The molecule has 0 spiro atoms. The molecule has 0 radical (unpaired) electrons. The maximum atomic E-state index is 12.2. The van der Waals surface area contributed by atoms with Crippen molar-refractivity contribution in [3.8, 4) is 0 Å². The number of thiophene rings is 1. The highest BCUT2D eigenvalue weighted by Crippen LogP contribution is 2.27. The van der Waals surface area contributed by atoms with E-state index in [1.165, 1.54) is 4.88 Å². The molecule has 1 aliphatic rings. The van der Waals surface area contributed by atoms with Gasteiger partial charge >= 0.3 is 0 Å². The van der Waals surface area contributed by atoms with Gasteiger partial charge < -0.3 is 10.3 Å². The monoisotopic (exact) mass is 352 g/mol. The molecule has 126 valence electrons. The van der Waals surface area contributed by atoms with Crippen molar-refractivity contribution in [3.05, 3.63) is 51.8 Å². The van der Waals surface area contributed by atoms with Gasteiger partial charge in [0.2, 0.25) is 5.91 Å². The van der Waals surface area contributed by atoms with E-state index in [0.717, 1.165) is 29.3 Å². The van der Waals surface area contributed by atoms with Gasteiger partial charge in [-0.15, -0.1) is 11.3 Å². The van der Waals surface area contributed by atoms with Crippen LogP contribution in [0.4, 0.5) is 5.69 Å². The van der Waals surface area contributed by atoms with Gasteiger partial charge in [0.25, 0.3) is 5.91 Å². The third kappa shape index (κ3) is 3.18. The smallest absolute Gasteiger partial charge is 0.272 e. The number of hydrogen-bond acceptors (Lipinski definition) is 4. The van der Waals surface area contributed by atoms with E-state index < -0.39 is 0 Å². The molecule has 0 fully saturated rings. The fourth-order valence-electron chi connectivity index (χ4n) is 2.97. The van der Waals surface area contributed by atoms with Crippen LogP contribution in [-0.4, -0.2) is 23.0 Å². The Balaban J connectivity index is 1.49. The number of carbonyl (C=O) groups excluding carboxylic acids is 2. The van der Waals surface area contributed by atoms with Gasteiger partial charge in [0, 0.05) is 39.6 Å². The molecule has 7 heteroatoms. The van der Waals surface area contributed by atoms with Gasteiger partial charge in [-0.1, -0.05) is 6.07 Å². The van der Waals surface area contributed by atoms with Crippen molar-refractivity contribution in [1.29, 1.82) is 0 Å². The van der Waals surface area contributed by atoms with Gasteiger partial charge in [-0.25, -0.2) is 5.43 Å². The summed E-state index contributed by atoms with van der Waals surface area (Å²) in [5, 5.41) is 9.63. The molecule has 0 unspecified atom stereocenters. The number of carbonyl (C=O) groups is 2. The highest BCUT2D eigenvalue weighted by atomic mass is 32.1. The number of aryl methyl sites for hydroxylation is 1. The van der Waals surface area contributed by atoms with Crippen molar-refractivity contribution < 1.29 is 9.59 Å². The van der Waals surface area contributed by atoms with Crippen LogP contribution < -0.4 is 10.7 Å². The number of nitrogens with zero attached hydrogens (tertiary/aromatic N) is 1. The molecular formula is C18H16N4O2S. The molecule has 0 atom stereocenters. The summed E-state index contributed by atoms with van der Waals surface area (Å²) in [5.74, 6) is -0.339. The average Bonchev–Trinajstić information content (AvgIpc) is 3.21. The Hall–Kier alpha value is -2.93. The van der Waals surface area contributed by atoms with E-state index in [-0.39, 0.29) is 11.8 Å². The highest BCUT2D eigenvalue weighted by molar-refractivity contribution is 7.09. The second-order valence-corrected chi connectivity index (χ2v) is 6.90. The summed E-state index contributed by atoms with van der Waals surface area (Å²) < 4.78 is 0. The van der Waals surface area contributed by atoms with E-state index in [0.29, 0.717) is 17.7 Å². The summed E-state index contributed by atoms with van der Waals surface area (Å²) in [4.78, 5) is 28.8. The number of hydrogen-bond donors (Lipinski definition) is 3. The van der Waals surface area contributed by atoms with E-state index in [4.69, 9.17) is 0 Å². The normalized spacial score (nSPS) is 12.9. The van der Waals surface area contributed by atoms with Crippen LogP contribution in [0.1, 0.15) is 33.6 Å².